The number of carbonyl (C=O) groups is 2. The lowest BCUT2D eigenvalue weighted by molar-refractivity contribution is 0.0473. The van der Waals surface area contributed by atoms with Gasteiger partial charge in [0.15, 0.2) is 0 Å². The van der Waals surface area contributed by atoms with Gasteiger partial charge in [-0.1, -0.05) is 6.07 Å². The average molecular weight is 364 g/mol. The lowest BCUT2D eigenvalue weighted by atomic mass is 10.2. The van der Waals surface area contributed by atoms with Crippen molar-refractivity contribution in [1.29, 1.82) is 0 Å². The first-order valence-corrected chi connectivity index (χ1v) is 8.95. The third kappa shape index (κ3) is 3.98. The highest BCUT2D eigenvalue weighted by molar-refractivity contribution is 6.06. The van der Waals surface area contributed by atoms with Crippen LogP contribution in [0.1, 0.15) is 33.7 Å². The number of fused-ring (bicyclic) bond motifs is 1. The fraction of sp³-hybridized carbons (Fsp3) is 0.250. The smallest absolute Gasteiger partial charge is 0.338 e. The summed E-state index contributed by atoms with van der Waals surface area (Å²) in [5.74, 6) is -0.691. The molecular weight excluding hydrogens is 344 g/mol. The molecule has 1 aliphatic heterocycles. The summed E-state index contributed by atoms with van der Waals surface area (Å²) in [7, 11) is 0. The highest BCUT2D eigenvalue weighted by Crippen LogP contribution is 2.16. The van der Waals surface area contributed by atoms with Crippen molar-refractivity contribution in [3.8, 4) is 0 Å². The SMILES string of the molecule is O=C(OCC1CCCN1)c1cccc(NC(=O)c2cc3cccnc3[nH]2)c1. The summed E-state index contributed by atoms with van der Waals surface area (Å²) in [5, 5.41) is 6.94. The molecule has 1 aliphatic rings. The molecule has 4 rings (SSSR count). The lowest BCUT2D eigenvalue weighted by Gasteiger charge is -2.11. The molecule has 1 saturated heterocycles. The van der Waals surface area contributed by atoms with Crippen molar-refractivity contribution in [1.82, 2.24) is 15.3 Å². The molecule has 1 amide bonds. The Morgan fingerprint density at radius 1 is 1.22 bits per heavy atom. The van der Waals surface area contributed by atoms with Crippen LogP contribution in [0.5, 0.6) is 0 Å². The number of anilines is 1. The van der Waals surface area contributed by atoms with Crippen molar-refractivity contribution in [2.75, 3.05) is 18.5 Å². The van der Waals surface area contributed by atoms with E-state index in [1.807, 2.05) is 12.1 Å². The summed E-state index contributed by atoms with van der Waals surface area (Å²) in [4.78, 5) is 31.9. The molecule has 7 nitrogen and oxygen atoms in total. The van der Waals surface area contributed by atoms with Crippen LogP contribution < -0.4 is 10.6 Å². The van der Waals surface area contributed by atoms with E-state index in [0.717, 1.165) is 24.8 Å². The van der Waals surface area contributed by atoms with Crippen LogP contribution in [0.2, 0.25) is 0 Å². The van der Waals surface area contributed by atoms with Gasteiger partial charge in [-0.25, -0.2) is 9.78 Å². The number of rotatable bonds is 5. The minimum Gasteiger partial charge on any atom is -0.460 e. The predicted octanol–water partition coefficient (Wildman–Crippen LogP) is 2.72. The number of pyridine rings is 1. The van der Waals surface area contributed by atoms with Gasteiger partial charge in [0.1, 0.15) is 17.9 Å². The molecular formula is C20H20N4O3. The predicted molar refractivity (Wildman–Crippen MR) is 102 cm³/mol. The quantitative estimate of drug-likeness (QED) is 0.605. The van der Waals surface area contributed by atoms with Crippen molar-refractivity contribution in [3.63, 3.8) is 0 Å². The number of nitrogens with zero attached hydrogens (tertiary/aromatic N) is 1. The number of H-pyrrole nitrogens is 1. The van der Waals surface area contributed by atoms with Gasteiger partial charge in [0.2, 0.25) is 0 Å². The molecule has 0 aliphatic carbocycles. The molecule has 138 valence electrons. The van der Waals surface area contributed by atoms with Gasteiger partial charge in [0.25, 0.3) is 5.91 Å². The van der Waals surface area contributed by atoms with Crippen LogP contribution in [0.25, 0.3) is 11.0 Å². The van der Waals surface area contributed by atoms with Gasteiger partial charge in [0, 0.05) is 23.3 Å². The van der Waals surface area contributed by atoms with E-state index in [0.29, 0.717) is 29.2 Å². The lowest BCUT2D eigenvalue weighted by Crippen LogP contribution is -2.28. The summed E-state index contributed by atoms with van der Waals surface area (Å²) in [6.07, 6.45) is 3.78. The molecule has 0 spiro atoms. The normalized spacial score (nSPS) is 16.4. The van der Waals surface area contributed by atoms with Crippen LogP contribution in [0, 0.1) is 0 Å². The number of esters is 1. The fourth-order valence-corrected chi connectivity index (χ4v) is 3.16. The Morgan fingerprint density at radius 2 is 2.15 bits per heavy atom. The second kappa shape index (κ2) is 7.59. The van der Waals surface area contributed by atoms with Crippen LogP contribution in [0.15, 0.2) is 48.7 Å². The van der Waals surface area contributed by atoms with E-state index in [1.54, 1.807) is 36.5 Å². The van der Waals surface area contributed by atoms with Gasteiger partial charge in [-0.2, -0.15) is 0 Å². The summed E-state index contributed by atoms with van der Waals surface area (Å²) in [6.45, 7) is 1.32. The molecule has 3 N–H and O–H groups in total. The number of carbonyl (C=O) groups excluding carboxylic acids is 2. The molecule has 1 aromatic carbocycles. The minimum absolute atomic E-state index is 0.229. The highest BCUT2D eigenvalue weighted by atomic mass is 16.5. The Bertz CT molecular complexity index is 943. The van der Waals surface area contributed by atoms with Crippen molar-refractivity contribution in [3.05, 3.63) is 59.9 Å². The molecule has 0 saturated carbocycles. The van der Waals surface area contributed by atoms with E-state index in [4.69, 9.17) is 4.74 Å². The zero-order valence-corrected chi connectivity index (χ0v) is 14.7. The Balaban J connectivity index is 1.42. The third-order valence-electron chi connectivity index (χ3n) is 4.57. The molecule has 1 fully saturated rings. The van der Waals surface area contributed by atoms with E-state index in [9.17, 15) is 9.59 Å². The van der Waals surface area contributed by atoms with Crippen LogP contribution >= 0.6 is 0 Å². The fourth-order valence-electron chi connectivity index (χ4n) is 3.16. The van der Waals surface area contributed by atoms with E-state index in [2.05, 4.69) is 20.6 Å². The van der Waals surface area contributed by atoms with Gasteiger partial charge in [0.05, 0.1) is 5.56 Å². The monoisotopic (exact) mass is 364 g/mol. The van der Waals surface area contributed by atoms with Crippen LogP contribution in [0.4, 0.5) is 5.69 Å². The van der Waals surface area contributed by atoms with Crippen LogP contribution in [0.3, 0.4) is 0 Å². The zero-order chi connectivity index (χ0) is 18.6. The largest absolute Gasteiger partial charge is 0.460 e. The average Bonchev–Trinajstić information content (AvgIpc) is 3.35. The Kier molecular flexibility index (Phi) is 4.84. The Morgan fingerprint density at radius 3 is 2.96 bits per heavy atom. The first kappa shape index (κ1) is 17.2. The van der Waals surface area contributed by atoms with Crippen molar-refractivity contribution < 1.29 is 14.3 Å². The second-order valence-corrected chi connectivity index (χ2v) is 6.55. The molecule has 0 bridgehead atoms. The molecule has 1 atom stereocenters. The number of benzene rings is 1. The third-order valence-corrected chi connectivity index (χ3v) is 4.57. The summed E-state index contributed by atoms with van der Waals surface area (Å²) in [6, 6.07) is 12.4. The van der Waals surface area contributed by atoms with E-state index in [1.165, 1.54) is 0 Å². The van der Waals surface area contributed by atoms with Crippen LogP contribution in [-0.4, -0.2) is 41.0 Å². The Hall–Kier alpha value is -3.19. The van der Waals surface area contributed by atoms with Gasteiger partial charge < -0.3 is 20.4 Å². The minimum atomic E-state index is -0.394. The van der Waals surface area contributed by atoms with Gasteiger partial charge >= 0.3 is 5.97 Å². The number of hydrogen-bond acceptors (Lipinski definition) is 5. The summed E-state index contributed by atoms with van der Waals surface area (Å²) >= 11 is 0. The van der Waals surface area contributed by atoms with Crippen molar-refractivity contribution in [2.45, 2.75) is 18.9 Å². The number of nitrogens with one attached hydrogen (secondary N) is 3. The van der Waals surface area contributed by atoms with E-state index >= 15 is 0 Å². The number of aromatic amines is 1. The van der Waals surface area contributed by atoms with E-state index in [-0.39, 0.29) is 11.9 Å². The molecule has 0 radical (unpaired) electrons. The van der Waals surface area contributed by atoms with Gasteiger partial charge in [-0.3, -0.25) is 4.79 Å². The van der Waals surface area contributed by atoms with Gasteiger partial charge in [-0.15, -0.1) is 0 Å². The first-order valence-electron chi connectivity index (χ1n) is 8.95. The maximum atomic E-state index is 12.5. The molecule has 2 aromatic heterocycles. The molecule has 1 unspecified atom stereocenters. The van der Waals surface area contributed by atoms with Crippen molar-refractivity contribution >= 4 is 28.6 Å². The van der Waals surface area contributed by atoms with Crippen LogP contribution in [-0.2, 0) is 4.74 Å². The topological polar surface area (TPSA) is 96.1 Å². The second-order valence-electron chi connectivity index (χ2n) is 6.55. The molecule has 7 heteroatoms. The maximum absolute atomic E-state index is 12.5. The van der Waals surface area contributed by atoms with Gasteiger partial charge in [-0.05, 0) is 55.8 Å². The van der Waals surface area contributed by atoms with Crippen molar-refractivity contribution in [2.24, 2.45) is 0 Å². The number of amides is 1. The number of hydrogen-bond donors (Lipinski definition) is 3. The summed E-state index contributed by atoms with van der Waals surface area (Å²) in [5.41, 5.74) is 1.99. The molecule has 27 heavy (non-hydrogen) atoms. The van der Waals surface area contributed by atoms with E-state index < -0.39 is 5.97 Å². The number of ether oxygens (including phenoxy) is 1. The zero-order valence-electron chi connectivity index (χ0n) is 14.7. The number of aromatic nitrogens is 2. The maximum Gasteiger partial charge on any atom is 0.338 e. The highest BCUT2D eigenvalue weighted by Gasteiger charge is 2.17. The first-order chi connectivity index (χ1) is 13.2. The Labute approximate surface area is 156 Å². The molecule has 3 aromatic rings. The summed E-state index contributed by atoms with van der Waals surface area (Å²) < 4.78 is 5.37. The standard InChI is InChI=1S/C20H20N4O3/c25-19(17-11-13-5-2-9-22-18(13)24-17)23-15-6-1-4-14(10-15)20(26)27-12-16-7-3-8-21-16/h1-2,4-6,9-11,16,21H,3,7-8,12H2,(H,22,24)(H,23,25). The molecule has 3 heterocycles.